The van der Waals surface area contributed by atoms with Crippen molar-refractivity contribution in [3.63, 3.8) is 0 Å². The molecule has 0 unspecified atom stereocenters. The minimum atomic E-state index is -0.793. The number of hydrogen-bond acceptors (Lipinski definition) is 5. The number of rotatable bonds is 3. The van der Waals surface area contributed by atoms with E-state index >= 15 is 0 Å². The summed E-state index contributed by atoms with van der Waals surface area (Å²) in [6, 6.07) is 9.99. The van der Waals surface area contributed by atoms with Gasteiger partial charge in [-0.15, -0.1) is 11.3 Å². The number of benzene rings is 1. The second-order valence-corrected chi connectivity index (χ2v) is 8.72. The smallest absolute Gasteiger partial charge is 0.349 e. The van der Waals surface area contributed by atoms with Crippen LogP contribution in [0.4, 0.5) is 0 Å². The first-order valence-corrected chi connectivity index (χ1v) is 10.7. The minimum Gasteiger partial charge on any atom is -0.488 e. The fourth-order valence-corrected chi connectivity index (χ4v) is 5.21. The maximum absolute atomic E-state index is 12.9. The molecule has 2 aliphatic heterocycles. The molecule has 28 heavy (non-hydrogen) atoms. The maximum atomic E-state index is 12.9. The molecule has 1 aromatic heterocycles. The Bertz CT molecular complexity index is 896. The van der Waals surface area contributed by atoms with Crippen molar-refractivity contribution in [2.75, 3.05) is 0 Å². The van der Waals surface area contributed by atoms with Gasteiger partial charge in [0.2, 0.25) is 0 Å². The number of carbonyl (C=O) groups is 2. The highest BCUT2D eigenvalue weighted by Gasteiger charge is 2.34. The van der Waals surface area contributed by atoms with Crippen LogP contribution < -0.4 is 4.74 Å². The number of para-hydroxylation sites is 1. The summed E-state index contributed by atoms with van der Waals surface area (Å²) in [6.45, 7) is 6.23. The quantitative estimate of drug-likeness (QED) is 0.706. The topological polar surface area (TPSA) is 55.8 Å². The molecule has 0 radical (unpaired) electrons. The summed E-state index contributed by atoms with van der Waals surface area (Å²) >= 11 is 1.40. The Kier molecular flexibility index (Phi) is 5.15. The Balaban J connectivity index is 1.49. The highest BCUT2D eigenvalue weighted by atomic mass is 32.1. The molecule has 148 valence electrons. The van der Waals surface area contributed by atoms with Crippen LogP contribution in [0.1, 0.15) is 55.3 Å². The second-order valence-electron chi connectivity index (χ2n) is 7.67. The first-order chi connectivity index (χ1) is 13.5. The average Bonchev–Trinajstić information content (AvgIpc) is 3.12. The monoisotopic (exact) mass is 399 g/mol. The fraction of sp³-hybridized carbons (Fsp3) is 0.455. The van der Waals surface area contributed by atoms with Crippen LogP contribution in [0.15, 0.2) is 30.3 Å². The molecule has 1 fully saturated rings. The summed E-state index contributed by atoms with van der Waals surface area (Å²) in [7, 11) is 0. The number of amides is 1. The van der Waals surface area contributed by atoms with Crippen molar-refractivity contribution in [1.29, 1.82) is 0 Å². The van der Waals surface area contributed by atoms with Gasteiger partial charge in [-0.2, -0.15) is 0 Å². The molecule has 2 aromatic rings. The standard InChI is InChI=1S/C22H25NO4S/c1-13-7-6-8-14(2)23(13)21(24)15(3)27-22(25)19-11-16-12-26-18-10-5-4-9-17(18)20(16)28-19/h4-5,9-11,13-15H,6-8,12H2,1-3H3/t13-,14+,15-/m1/s1. The summed E-state index contributed by atoms with van der Waals surface area (Å²) in [5.41, 5.74) is 1.97. The van der Waals surface area contributed by atoms with Crippen molar-refractivity contribution in [1.82, 2.24) is 4.90 Å². The molecular formula is C22H25NO4S. The summed E-state index contributed by atoms with van der Waals surface area (Å²) in [5.74, 6) is 0.270. The largest absolute Gasteiger partial charge is 0.488 e. The molecule has 5 nitrogen and oxygen atoms in total. The van der Waals surface area contributed by atoms with Gasteiger partial charge in [0.25, 0.3) is 5.91 Å². The molecule has 2 aliphatic rings. The van der Waals surface area contributed by atoms with Crippen LogP contribution in [0.5, 0.6) is 5.75 Å². The lowest BCUT2D eigenvalue weighted by atomic mass is 9.97. The first-order valence-electron chi connectivity index (χ1n) is 9.83. The molecule has 3 heterocycles. The number of carbonyl (C=O) groups excluding carboxylic acids is 2. The molecule has 0 spiro atoms. The molecule has 4 rings (SSSR count). The van der Waals surface area contributed by atoms with Crippen molar-refractivity contribution in [3.8, 4) is 16.2 Å². The number of esters is 1. The van der Waals surface area contributed by atoms with Gasteiger partial charge in [-0.25, -0.2) is 4.79 Å². The highest BCUT2D eigenvalue weighted by molar-refractivity contribution is 7.17. The predicted molar refractivity (Wildman–Crippen MR) is 109 cm³/mol. The Morgan fingerprint density at radius 2 is 1.93 bits per heavy atom. The van der Waals surface area contributed by atoms with E-state index < -0.39 is 12.1 Å². The Labute approximate surface area is 169 Å². The molecule has 0 saturated carbocycles. The van der Waals surface area contributed by atoms with Crippen molar-refractivity contribution in [2.45, 2.75) is 64.8 Å². The number of piperidine rings is 1. The molecule has 0 bridgehead atoms. The highest BCUT2D eigenvalue weighted by Crippen LogP contribution is 2.42. The zero-order chi connectivity index (χ0) is 19.8. The summed E-state index contributed by atoms with van der Waals surface area (Å²) in [5, 5.41) is 0. The van der Waals surface area contributed by atoms with E-state index in [1.807, 2.05) is 35.2 Å². The number of ether oxygens (including phenoxy) is 2. The van der Waals surface area contributed by atoms with E-state index in [4.69, 9.17) is 9.47 Å². The average molecular weight is 400 g/mol. The van der Waals surface area contributed by atoms with Crippen LogP contribution in [-0.4, -0.2) is 35.0 Å². The Hall–Kier alpha value is -2.34. The van der Waals surface area contributed by atoms with E-state index in [1.54, 1.807) is 6.92 Å². The van der Waals surface area contributed by atoms with Crippen LogP contribution in [0.3, 0.4) is 0 Å². The van der Waals surface area contributed by atoms with Gasteiger partial charge < -0.3 is 14.4 Å². The van der Waals surface area contributed by atoms with Crippen molar-refractivity contribution in [3.05, 3.63) is 40.8 Å². The minimum absolute atomic E-state index is 0.108. The van der Waals surface area contributed by atoms with E-state index in [1.165, 1.54) is 11.3 Å². The van der Waals surface area contributed by atoms with Crippen LogP contribution in [0, 0.1) is 0 Å². The normalized spacial score (nSPS) is 21.9. The maximum Gasteiger partial charge on any atom is 0.349 e. The first kappa shape index (κ1) is 19.0. The zero-order valence-electron chi connectivity index (χ0n) is 16.4. The van der Waals surface area contributed by atoms with Crippen LogP contribution in [0.2, 0.25) is 0 Å². The molecule has 0 N–H and O–H groups in total. The Morgan fingerprint density at radius 1 is 1.21 bits per heavy atom. The predicted octanol–water partition coefficient (Wildman–Crippen LogP) is 4.64. The van der Waals surface area contributed by atoms with Crippen LogP contribution in [-0.2, 0) is 16.1 Å². The summed E-state index contributed by atoms with van der Waals surface area (Å²) < 4.78 is 11.3. The fourth-order valence-electron chi connectivity index (χ4n) is 4.13. The molecule has 1 saturated heterocycles. The van der Waals surface area contributed by atoms with Gasteiger partial charge in [-0.3, -0.25) is 4.79 Å². The van der Waals surface area contributed by atoms with Crippen LogP contribution >= 0.6 is 11.3 Å². The van der Waals surface area contributed by atoms with Gasteiger partial charge in [0.15, 0.2) is 6.10 Å². The lowest BCUT2D eigenvalue weighted by Gasteiger charge is -2.40. The third-order valence-electron chi connectivity index (χ3n) is 5.60. The van der Waals surface area contributed by atoms with Crippen molar-refractivity contribution < 1.29 is 19.1 Å². The van der Waals surface area contributed by atoms with E-state index in [2.05, 4.69) is 13.8 Å². The van der Waals surface area contributed by atoms with Gasteiger partial charge in [-0.05, 0) is 58.2 Å². The van der Waals surface area contributed by atoms with Gasteiger partial charge >= 0.3 is 5.97 Å². The molecule has 0 aliphatic carbocycles. The van der Waals surface area contributed by atoms with Gasteiger partial charge in [0.05, 0.1) is 0 Å². The van der Waals surface area contributed by atoms with Crippen LogP contribution in [0.25, 0.3) is 10.4 Å². The summed E-state index contributed by atoms with van der Waals surface area (Å²) in [6.07, 6.45) is 2.32. The third kappa shape index (κ3) is 3.41. The van der Waals surface area contributed by atoms with Crippen molar-refractivity contribution in [2.24, 2.45) is 0 Å². The van der Waals surface area contributed by atoms with E-state index in [9.17, 15) is 9.59 Å². The number of likely N-dealkylation sites (tertiary alicyclic amines) is 1. The molecule has 6 heteroatoms. The zero-order valence-corrected chi connectivity index (χ0v) is 17.3. The molecular weight excluding hydrogens is 374 g/mol. The number of fused-ring (bicyclic) bond motifs is 3. The number of hydrogen-bond donors (Lipinski definition) is 0. The molecule has 1 amide bonds. The number of nitrogens with zero attached hydrogens (tertiary/aromatic N) is 1. The van der Waals surface area contributed by atoms with Gasteiger partial charge in [0, 0.05) is 28.1 Å². The lowest BCUT2D eigenvalue weighted by molar-refractivity contribution is -0.146. The van der Waals surface area contributed by atoms with E-state index in [0.717, 1.165) is 41.0 Å². The van der Waals surface area contributed by atoms with Gasteiger partial charge in [0.1, 0.15) is 17.2 Å². The number of thiophene rings is 1. The Morgan fingerprint density at radius 3 is 2.68 bits per heavy atom. The summed E-state index contributed by atoms with van der Waals surface area (Å²) in [4.78, 5) is 29.0. The lowest BCUT2D eigenvalue weighted by Crippen LogP contribution is -2.51. The van der Waals surface area contributed by atoms with Gasteiger partial charge in [-0.1, -0.05) is 12.1 Å². The third-order valence-corrected chi connectivity index (χ3v) is 6.80. The second kappa shape index (κ2) is 7.59. The SMILES string of the molecule is C[C@@H]1CCC[C@H](C)N1C(=O)[C@@H](C)OC(=O)c1cc2c(s1)-c1ccccc1OC2. The van der Waals surface area contributed by atoms with Crippen molar-refractivity contribution >= 4 is 23.2 Å². The molecule has 3 atom stereocenters. The van der Waals surface area contributed by atoms with E-state index in [-0.39, 0.29) is 18.0 Å². The molecule has 1 aromatic carbocycles. The van der Waals surface area contributed by atoms with E-state index in [0.29, 0.717) is 11.5 Å².